The molecule has 2 aromatic rings. The topological polar surface area (TPSA) is 106 Å². The van der Waals surface area contributed by atoms with Crippen molar-refractivity contribution in [3.8, 4) is 5.75 Å². The molecule has 1 amide bonds. The van der Waals surface area contributed by atoms with Gasteiger partial charge in [-0.15, -0.1) is 11.3 Å². The number of carbonyl (C=O) groups is 3. The minimum atomic E-state index is -1.10. The summed E-state index contributed by atoms with van der Waals surface area (Å²) in [5.41, 5.74) is 1.07. The molecule has 0 saturated carbocycles. The second-order valence-corrected chi connectivity index (χ2v) is 5.91. The Bertz CT molecular complexity index is 785. The van der Waals surface area contributed by atoms with E-state index in [1.165, 1.54) is 19.4 Å². The predicted octanol–water partition coefficient (Wildman–Crippen LogP) is 1.91. The molecule has 8 heteroatoms. The molecule has 0 bridgehead atoms. The molecule has 0 aliphatic heterocycles. The van der Waals surface area contributed by atoms with Crippen LogP contribution in [-0.4, -0.2) is 34.9 Å². The van der Waals surface area contributed by atoms with Crippen LogP contribution in [0.25, 0.3) is 0 Å². The highest BCUT2D eigenvalue weighted by atomic mass is 32.1. The molecule has 0 spiro atoms. The van der Waals surface area contributed by atoms with Gasteiger partial charge in [0.2, 0.25) is 5.91 Å². The third kappa shape index (κ3) is 4.39. The molecule has 0 aliphatic rings. The Morgan fingerprint density at radius 1 is 1.33 bits per heavy atom. The molecule has 1 heterocycles. The Kier molecular flexibility index (Phi) is 5.64. The number of carboxylic acids is 1. The average Bonchev–Trinajstić information content (AvgIpc) is 3.02. The lowest BCUT2D eigenvalue weighted by atomic mass is 10.0. The first-order valence-electron chi connectivity index (χ1n) is 7.03. The zero-order valence-electron chi connectivity index (χ0n) is 13.2. The van der Waals surface area contributed by atoms with Crippen LogP contribution in [0.15, 0.2) is 23.6 Å². The summed E-state index contributed by atoms with van der Waals surface area (Å²) in [5.74, 6) is -0.948. The smallest absolute Gasteiger partial charge is 0.355 e. The lowest BCUT2D eigenvalue weighted by Crippen LogP contribution is -2.24. The Hall–Kier alpha value is -2.74. The van der Waals surface area contributed by atoms with E-state index in [9.17, 15) is 14.4 Å². The van der Waals surface area contributed by atoms with Gasteiger partial charge in [-0.25, -0.2) is 9.78 Å². The molecule has 1 aromatic heterocycles. The number of ether oxygens (including phenoxy) is 1. The number of amides is 1. The molecule has 0 unspecified atom stereocenters. The van der Waals surface area contributed by atoms with Crippen molar-refractivity contribution in [1.82, 2.24) is 10.3 Å². The number of rotatable bonds is 7. The molecule has 126 valence electrons. The lowest BCUT2D eigenvalue weighted by Gasteiger charge is -2.10. The Morgan fingerprint density at radius 3 is 2.67 bits per heavy atom. The maximum absolute atomic E-state index is 12.1. The first-order valence-corrected chi connectivity index (χ1v) is 7.91. The number of hydrogen-bond donors (Lipinski definition) is 2. The van der Waals surface area contributed by atoms with Crippen molar-refractivity contribution in [2.75, 3.05) is 7.11 Å². The van der Waals surface area contributed by atoms with E-state index in [-0.39, 0.29) is 30.3 Å². The van der Waals surface area contributed by atoms with Crippen LogP contribution in [0.2, 0.25) is 0 Å². The maximum atomic E-state index is 12.1. The number of carboxylic acid groups (broad SMARTS) is 1. The van der Waals surface area contributed by atoms with Crippen molar-refractivity contribution >= 4 is 29.0 Å². The van der Waals surface area contributed by atoms with Crippen molar-refractivity contribution in [3.05, 3.63) is 45.4 Å². The fourth-order valence-corrected chi connectivity index (χ4v) is 2.74. The fraction of sp³-hybridized carbons (Fsp3) is 0.250. The van der Waals surface area contributed by atoms with Crippen LogP contribution in [0.1, 0.15) is 38.3 Å². The maximum Gasteiger partial charge on any atom is 0.355 e. The SMILES string of the molecule is COc1ccc(C(C)=O)cc1CC(=O)NCc1nc(C(=O)O)cs1. The van der Waals surface area contributed by atoms with Gasteiger partial charge < -0.3 is 15.2 Å². The number of benzene rings is 1. The standard InChI is InChI=1S/C16H16N2O5S/c1-9(19)10-3-4-13(23-2)11(5-10)6-14(20)17-7-15-18-12(8-24-15)16(21)22/h3-5,8H,6-7H2,1-2H3,(H,17,20)(H,21,22). The van der Waals surface area contributed by atoms with Crippen LogP contribution in [0.5, 0.6) is 5.75 Å². The number of methoxy groups -OCH3 is 1. The number of aromatic nitrogens is 1. The summed E-state index contributed by atoms with van der Waals surface area (Å²) in [5, 5.41) is 13.4. The molecule has 0 radical (unpaired) electrons. The summed E-state index contributed by atoms with van der Waals surface area (Å²) in [7, 11) is 1.49. The van der Waals surface area contributed by atoms with Gasteiger partial charge in [-0.3, -0.25) is 9.59 Å². The van der Waals surface area contributed by atoms with Gasteiger partial charge in [0, 0.05) is 16.5 Å². The summed E-state index contributed by atoms with van der Waals surface area (Å²) in [6.45, 7) is 1.60. The van der Waals surface area contributed by atoms with Crippen LogP contribution in [-0.2, 0) is 17.8 Å². The molecule has 0 aliphatic carbocycles. The summed E-state index contributed by atoms with van der Waals surface area (Å²) in [6.07, 6.45) is 0.0431. The Balaban J connectivity index is 2.02. The number of aromatic carboxylic acids is 1. The van der Waals surface area contributed by atoms with Crippen molar-refractivity contribution in [3.63, 3.8) is 0 Å². The summed E-state index contributed by atoms with van der Waals surface area (Å²) in [4.78, 5) is 38.2. The van der Waals surface area contributed by atoms with Crippen molar-refractivity contribution < 1.29 is 24.2 Å². The van der Waals surface area contributed by atoms with Gasteiger partial charge in [0.25, 0.3) is 0 Å². The fourth-order valence-electron chi connectivity index (χ4n) is 2.04. The zero-order chi connectivity index (χ0) is 17.7. The van der Waals surface area contributed by atoms with E-state index in [0.717, 1.165) is 11.3 Å². The van der Waals surface area contributed by atoms with Crippen molar-refractivity contribution in [2.24, 2.45) is 0 Å². The molecular weight excluding hydrogens is 332 g/mol. The van der Waals surface area contributed by atoms with Crippen LogP contribution in [0.3, 0.4) is 0 Å². The quantitative estimate of drug-likeness (QED) is 0.741. The molecule has 0 fully saturated rings. The second kappa shape index (κ2) is 7.69. The molecule has 24 heavy (non-hydrogen) atoms. The predicted molar refractivity (Wildman–Crippen MR) is 87.6 cm³/mol. The van der Waals surface area contributed by atoms with Gasteiger partial charge in [-0.05, 0) is 25.1 Å². The average molecular weight is 348 g/mol. The number of hydrogen-bond acceptors (Lipinski definition) is 6. The van der Waals surface area contributed by atoms with E-state index in [1.54, 1.807) is 18.2 Å². The Morgan fingerprint density at radius 2 is 2.08 bits per heavy atom. The summed E-state index contributed by atoms with van der Waals surface area (Å²) in [6, 6.07) is 4.93. The van der Waals surface area contributed by atoms with Crippen molar-refractivity contribution in [1.29, 1.82) is 0 Å². The molecule has 1 aromatic carbocycles. The highest BCUT2D eigenvalue weighted by molar-refractivity contribution is 7.09. The normalized spacial score (nSPS) is 10.2. The first-order chi connectivity index (χ1) is 11.4. The molecule has 7 nitrogen and oxygen atoms in total. The molecular formula is C16H16N2O5S. The lowest BCUT2D eigenvalue weighted by molar-refractivity contribution is -0.120. The van der Waals surface area contributed by atoms with Gasteiger partial charge in [-0.2, -0.15) is 0 Å². The summed E-state index contributed by atoms with van der Waals surface area (Å²) < 4.78 is 5.21. The zero-order valence-corrected chi connectivity index (χ0v) is 14.0. The molecule has 0 saturated heterocycles. The van der Waals surface area contributed by atoms with Gasteiger partial charge in [0.1, 0.15) is 10.8 Å². The third-order valence-corrected chi connectivity index (χ3v) is 4.09. The molecule has 2 rings (SSSR count). The highest BCUT2D eigenvalue weighted by Crippen LogP contribution is 2.21. The minimum Gasteiger partial charge on any atom is -0.496 e. The molecule has 2 N–H and O–H groups in total. The van der Waals surface area contributed by atoms with E-state index < -0.39 is 5.97 Å². The largest absolute Gasteiger partial charge is 0.496 e. The van der Waals surface area contributed by atoms with E-state index >= 15 is 0 Å². The van der Waals surface area contributed by atoms with E-state index in [2.05, 4.69) is 10.3 Å². The van der Waals surface area contributed by atoms with Crippen LogP contribution < -0.4 is 10.1 Å². The second-order valence-electron chi connectivity index (χ2n) is 4.97. The van der Waals surface area contributed by atoms with Crippen LogP contribution >= 0.6 is 11.3 Å². The third-order valence-electron chi connectivity index (χ3n) is 3.25. The van der Waals surface area contributed by atoms with E-state index in [1.807, 2.05) is 0 Å². The van der Waals surface area contributed by atoms with Gasteiger partial charge in [-0.1, -0.05) is 0 Å². The number of carbonyl (C=O) groups excluding carboxylic acids is 2. The minimum absolute atomic E-state index is 0.0416. The first kappa shape index (κ1) is 17.6. The van der Waals surface area contributed by atoms with Crippen molar-refractivity contribution in [2.45, 2.75) is 19.9 Å². The van der Waals surface area contributed by atoms with Gasteiger partial charge >= 0.3 is 5.97 Å². The Labute approximate surface area is 142 Å². The number of ketones is 1. The number of Topliss-reactive ketones (excluding diaryl/α,β-unsaturated/α-hetero) is 1. The number of thiazole rings is 1. The van der Waals surface area contributed by atoms with Gasteiger partial charge in [0.15, 0.2) is 11.5 Å². The van der Waals surface area contributed by atoms with Crippen LogP contribution in [0, 0.1) is 0 Å². The monoisotopic (exact) mass is 348 g/mol. The van der Waals surface area contributed by atoms with E-state index in [4.69, 9.17) is 9.84 Å². The van der Waals surface area contributed by atoms with Gasteiger partial charge in [0.05, 0.1) is 20.1 Å². The summed E-state index contributed by atoms with van der Waals surface area (Å²) >= 11 is 1.16. The number of nitrogens with one attached hydrogen (secondary N) is 1. The highest BCUT2D eigenvalue weighted by Gasteiger charge is 2.13. The van der Waals surface area contributed by atoms with E-state index in [0.29, 0.717) is 21.9 Å². The molecule has 0 atom stereocenters. The van der Waals surface area contributed by atoms with Crippen LogP contribution in [0.4, 0.5) is 0 Å². The number of nitrogens with zero attached hydrogens (tertiary/aromatic N) is 1.